The summed E-state index contributed by atoms with van der Waals surface area (Å²) in [6.45, 7) is 4.44. The smallest absolute Gasteiger partial charge is 0.0595 e. The van der Waals surface area contributed by atoms with Crippen molar-refractivity contribution in [3.63, 3.8) is 0 Å². The number of hydrogen-bond donors (Lipinski definition) is 1. The third kappa shape index (κ3) is 2.22. The van der Waals surface area contributed by atoms with Crippen molar-refractivity contribution >= 4 is 23.2 Å². The molecule has 0 amide bonds. The van der Waals surface area contributed by atoms with Crippen molar-refractivity contribution in [2.45, 2.75) is 31.6 Å². The van der Waals surface area contributed by atoms with E-state index in [0.717, 1.165) is 19.5 Å². The van der Waals surface area contributed by atoms with E-state index in [0.29, 0.717) is 15.5 Å². The van der Waals surface area contributed by atoms with Gasteiger partial charge < -0.3 is 5.32 Å². The lowest BCUT2D eigenvalue weighted by atomic mass is 9.71. The second-order valence-corrected chi connectivity index (χ2v) is 5.33. The highest BCUT2D eigenvalue weighted by Gasteiger charge is 2.32. The van der Waals surface area contributed by atoms with Gasteiger partial charge >= 0.3 is 0 Å². The molecule has 3 heteroatoms. The molecule has 1 nitrogen and oxygen atoms in total. The monoisotopic (exact) mass is 257 g/mol. The Morgan fingerprint density at radius 1 is 1.19 bits per heavy atom. The van der Waals surface area contributed by atoms with E-state index in [1.165, 1.54) is 18.4 Å². The van der Waals surface area contributed by atoms with Gasteiger partial charge in [-0.1, -0.05) is 36.2 Å². The number of rotatable bonds is 2. The Labute approximate surface area is 107 Å². The van der Waals surface area contributed by atoms with Crippen LogP contribution in [0.4, 0.5) is 0 Å². The molecule has 88 valence electrons. The highest BCUT2D eigenvalue weighted by Crippen LogP contribution is 2.38. The number of piperidine rings is 1. The van der Waals surface area contributed by atoms with E-state index in [4.69, 9.17) is 23.2 Å². The number of benzene rings is 1. The molecule has 1 saturated heterocycles. The predicted molar refractivity (Wildman–Crippen MR) is 70.5 cm³/mol. The molecule has 0 saturated carbocycles. The van der Waals surface area contributed by atoms with Crippen LogP contribution in [0.3, 0.4) is 0 Å². The molecule has 1 aromatic carbocycles. The van der Waals surface area contributed by atoms with Gasteiger partial charge in [0.2, 0.25) is 0 Å². The van der Waals surface area contributed by atoms with Gasteiger partial charge in [0.15, 0.2) is 0 Å². The zero-order valence-corrected chi connectivity index (χ0v) is 11.0. The van der Waals surface area contributed by atoms with E-state index in [-0.39, 0.29) is 0 Å². The second kappa shape index (κ2) is 4.95. The fraction of sp³-hybridized carbons (Fsp3) is 0.538. The minimum Gasteiger partial charge on any atom is -0.317 e. The van der Waals surface area contributed by atoms with E-state index in [2.05, 4.69) is 18.3 Å². The third-order valence-corrected chi connectivity index (χ3v) is 4.51. The topological polar surface area (TPSA) is 12.0 Å². The van der Waals surface area contributed by atoms with Crippen LogP contribution in [0.25, 0.3) is 0 Å². The quantitative estimate of drug-likeness (QED) is 0.844. The lowest BCUT2D eigenvalue weighted by molar-refractivity contribution is 0.298. The second-order valence-electron chi connectivity index (χ2n) is 4.51. The van der Waals surface area contributed by atoms with Crippen molar-refractivity contribution in [1.29, 1.82) is 0 Å². The molecule has 0 radical (unpaired) electrons. The molecule has 1 aliphatic heterocycles. The van der Waals surface area contributed by atoms with Crippen molar-refractivity contribution in [2.75, 3.05) is 13.1 Å². The van der Waals surface area contributed by atoms with Crippen LogP contribution in [0.5, 0.6) is 0 Å². The molecule has 1 fully saturated rings. The van der Waals surface area contributed by atoms with Gasteiger partial charge in [-0.3, -0.25) is 0 Å². The molecule has 2 rings (SSSR count). The lowest BCUT2D eigenvalue weighted by Gasteiger charge is -2.37. The fourth-order valence-electron chi connectivity index (χ4n) is 2.58. The minimum absolute atomic E-state index is 0.291. The normalized spacial score (nSPS) is 19.7. The molecular weight excluding hydrogens is 241 g/mol. The van der Waals surface area contributed by atoms with Crippen LogP contribution >= 0.6 is 23.2 Å². The average molecular weight is 258 g/mol. The van der Waals surface area contributed by atoms with Gasteiger partial charge in [0.05, 0.1) is 10.0 Å². The summed E-state index contributed by atoms with van der Waals surface area (Å²) >= 11 is 12.1. The summed E-state index contributed by atoms with van der Waals surface area (Å²) in [5.74, 6) is 0. The molecule has 0 atom stereocenters. The van der Waals surface area contributed by atoms with Gasteiger partial charge in [-0.2, -0.15) is 0 Å². The Kier molecular flexibility index (Phi) is 3.78. The van der Waals surface area contributed by atoms with Gasteiger partial charge in [-0.05, 0) is 55.5 Å². The van der Waals surface area contributed by atoms with Crippen molar-refractivity contribution in [1.82, 2.24) is 5.32 Å². The van der Waals surface area contributed by atoms with Crippen LogP contribution in [0, 0.1) is 0 Å². The molecule has 0 aliphatic carbocycles. The van der Waals surface area contributed by atoms with Crippen molar-refractivity contribution < 1.29 is 0 Å². The maximum atomic E-state index is 6.10. The summed E-state index contributed by atoms with van der Waals surface area (Å²) in [7, 11) is 0. The molecule has 1 heterocycles. The molecule has 0 spiro atoms. The maximum absolute atomic E-state index is 6.10. The zero-order chi connectivity index (χ0) is 11.6. The Hall–Kier alpha value is -0.240. The van der Waals surface area contributed by atoms with E-state index >= 15 is 0 Å². The van der Waals surface area contributed by atoms with E-state index in [1.807, 2.05) is 12.1 Å². The first-order chi connectivity index (χ1) is 7.68. The minimum atomic E-state index is 0.291. The van der Waals surface area contributed by atoms with Crippen molar-refractivity contribution in [3.8, 4) is 0 Å². The number of nitrogens with one attached hydrogen (secondary N) is 1. The molecule has 16 heavy (non-hydrogen) atoms. The van der Waals surface area contributed by atoms with Crippen LogP contribution in [-0.4, -0.2) is 13.1 Å². The van der Waals surface area contributed by atoms with Crippen molar-refractivity contribution in [2.24, 2.45) is 0 Å². The predicted octanol–water partition coefficient (Wildman–Crippen LogP) is 4.02. The molecule has 0 bridgehead atoms. The number of hydrogen-bond acceptors (Lipinski definition) is 1. The van der Waals surface area contributed by atoms with E-state index < -0.39 is 0 Å². The van der Waals surface area contributed by atoms with Crippen LogP contribution in [-0.2, 0) is 5.41 Å². The van der Waals surface area contributed by atoms with Gasteiger partial charge in [-0.15, -0.1) is 0 Å². The highest BCUT2D eigenvalue weighted by atomic mass is 35.5. The van der Waals surface area contributed by atoms with Crippen LogP contribution in [0.1, 0.15) is 31.7 Å². The van der Waals surface area contributed by atoms with Crippen molar-refractivity contribution in [3.05, 3.63) is 33.8 Å². The molecule has 1 aromatic rings. The Balaban J connectivity index is 2.35. The largest absolute Gasteiger partial charge is 0.317 e. The SMILES string of the molecule is CCC1(c2ccc(Cl)c(Cl)c2)CCNCC1. The molecule has 1 aliphatic rings. The van der Waals surface area contributed by atoms with E-state index in [1.54, 1.807) is 0 Å². The summed E-state index contributed by atoms with van der Waals surface area (Å²) in [4.78, 5) is 0. The summed E-state index contributed by atoms with van der Waals surface area (Å²) in [6.07, 6.45) is 3.52. The average Bonchev–Trinajstić information content (AvgIpc) is 2.33. The first kappa shape index (κ1) is 12.2. The van der Waals surface area contributed by atoms with Gasteiger partial charge in [-0.25, -0.2) is 0 Å². The summed E-state index contributed by atoms with van der Waals surface area (Å²) in [6, 6.07) is 6.08. The first-order valence-electron chi connectivity index (χ1n) is 5.84. The van der Waals surface area contributed by atoms with Gasteiger partial charge in [0.1, 0.15) is 0 Å². The fourth-order valence-corrected chi connectivity index (χ4v) is 2.88. The van der Waals surface area contributed by atoms with Gasteiger partial charge in [0.25, 0.3) is 0 Å². The Morgan fingerprint density at radius 3 is 2.44 bits per heavy atom. The third-order valence-electron chi connectivity index (χ3n) is 3.77. The number of halogens is 2. The Morgan fingerprint density at radius 2 is 1.88 bits per heavy atom. The summed E-state index contributed by atoms with van der Waals surface area (Å²) in [5, 5.41) is 4.73. The van der Waals surface area contributed by atoms with Crippen LogP contribution < -0.4 is 5.32 Å². The molecular formula is C13H17Cl2N. The van der Waals surface area contributed by atoms with Gasteiger partial charge in [0, 0.05) is 0 Å². The highest BCUT2D eigenvalue weighted by molar-refractivity contribution is 6.42. The lowest BCUT2D eigenvalue weighted by Crippen LogP contribution is -2.39. The maximum Gasteiger partial charge on any atom is 0.0595 e. The Bertz CT molecular complexity index is 370. The van der Waals surface area contributed by atoms with Crippen LogP contribution in [0.2, 0.25) is 10.0 Å². The van der Waals surface area contributed by atoms with Crippen LogP contribution in [0.15, 0.2) is 18.2 Å². The molecule has 0 unspecified atom stereocenters. The summed E-state index contributed by atoms with van der Waals surface area (Å²) < 4.78 is 0. The first-order valence-corrected chi connectivity index (χ1v) is 6.60. The zero-order valence-electron chi connectivity index (χ0n) is 9.52. The van der Waals surface area contributed by atoms with E-state index in [9.17, 15) is 0 Å². The molecule has 0 aromatic heterocycles. The standard InChI is InChI=1S/C13H17Cl2N/c1-2-13(5-7-16-8-6-13)10-3-4-11(14)12(15)9-10/h3-4,9,16H,2,5-8H2,1H3. The summed E-state index contributed by atoms with van der Waals surface area (Å²) in [5.41, 5.74) is 1.63. The molecule has 1 N–H and O–H groups in total.